The van der Waals surface area contributed by atoms with E-state index in [0.29, 0.717) is 41.7 Å². The molecule has 0 bridgehead atoms. The van der Waals surface area contributed by atoms with Crippen molar-refractivity contribution in [1.82, 2.24) is 9.67 Å². The SMILES string of the molecule is C/C(=N\OC(C)(C(=O)O)C1CCc2cc(-c3cn(C[C@@H](O)CN)[n+](C)c3)ccc2O1)c1csc(N)n1. The molecule has 0 saturated heterocycles. The van der Waals surface area contributed by atoms with Crippen molar-refractivity contribution in [3.63, 3.8) is 0 Å². The number of aliphatic hydroxyl groups excluding tert-OH is 1. The standard InChI is InChI=1S/C24H30N6O5S/c1-14(19-13-36-23(26)27-19)28-35-24(2,22(32)33)21-7-5-16-8-15(4-6-20(16)34-21)17-10-29(3)30(11-17)12-18(31)9-25/h4,6,8,10-11,13,18,21,31H,5,7,9,12,25H2,1-3H3,(H2-,26,27,32,33)/p+1/b28-14+/t18-,21?,24?/m0/s1. The Hall–Kier alpha value is -3.48. The zero-order valence-electron chi connectivity index (χ0n) is 20.4. The van der Waals surface area contributed by atoms with Gasteiger partial charge < -0.3 is 31.3 Å². The highest BCUT2D eigenvalue weighted by Crippen LogP contribution is 2.36. The number of carbonyl (C=O) groups is 1. The summed E-state index contributed by atoms with van der Waals surface area (Å²) in [5.41, 5.74) is 13.4. The first-order chi connectivity index (χ1) is 17.1. The first kappa shape index (κ1) is 25.6. The predicted molar refractivity (Wildman–Crippen MR) is 135 cm³/mol. The van der Waals surface area contributed by atoms with Crippen molar-refractivity contribution in [2.75, 3.05) is 12.3 Å². The van der Waals surface area contributed by atoms with E-state index in [-0.39, 0.29) is 6.54 Å². The summed E-state index contributed by atoms with van der Waals surface area (Å²) in [6.45, 7) is 3.73. The van der Waals surface area contributed by atoms with Crippen molar-refractivity contribution in [3.05, 3.63) is 47.2 Å². The minimum Gasteiger partial charge on any atom is -0.485 e. The van der Waals surface area contributed by atoms with E-state index >= 15 is 0 Å². The summed E-state index contributed by atoms with van der Waals surface area (Å²) in [4.78, 5) is 21.9. The second kappa shape index (κ2) is 10.2. The molecule has 3 heterocycles. The topological polar surface area (TPSA) is 162 Å². The van der Waals surface area contributed by atoms with Crippen LogP contribution in [0.4, 0.5) is 5.13 Å². The number of carboxylic acids is 1. The fourth-order valence-corrected chi connectivity index (χ4v) is 4.64. The van der Waals surface area contributed by atoms with Crippen LogP contribution in [-0.4, -0.2) is 55.9 Å². The fraction of sp³-hybridized carbons (Fsp3) is 0.417. The summed E-state index contributed by atoms with van der Waals surface area (Å²) < 4.78 is 9.92. The number of hydrogen-bond donors (Lipinski definition) is 4. The molecule has 1 aromatic carbocycles. The van der Waals surface area contributed by atoms with Crippen LogP contribution in [-0.2, 0) is 29.6 Å². The molecule has 0 spiro atoms. The first-order valence-electron chi connectivity index (χ1n) is 11.5. The Bertz CT molecular complexity index is 1290. The van der Waals surface area contributed by atoms with Crippen LogP contribution in [0.1, 0.15) is 31.5 Å². The number of nitrogens with zero attached hydrogens (tertiary/aromatic N) is 4. The molecule has 0 saturated carbocycles. The van der Waals surface area contributed by atoms with E-state index in [1.807, 2.05) is 47.0 Å². The van der Waals surface area contributed by atoms with Gasteiger partial charge in [-0.1, -0.05) is 11.2 Å². The van der Waals surface area contributed by atoms with Gasteiger partial charge >= 0.3 is 5.97 Å². The number of oxime groups is 1. The molecule has 36 heavy (non-hydrogen) atoms. The largest absolute Gasteiger partial charge is 0.485 e. The quantitative estimate of drug-likeness (QED) is 0.188. The molecule has 4 rings (SSSR count). The fourth-order valence-electron chi connectivity index (χ4n) is 4.04. The Morgan fingerprint density at radius 3 is 2.92 bits per heavy atom. The van der Waals surface area contributed by atoms with Gasteiger partial charge in [-0.25, -0.2) is 9.78 Å². The van der Waals surface area contributed by atoms with E-state index in [4.69, 9.17) is 21.0 Å². The van der Waals surface area contributed by atoms with Gasteiger partial charge in [0.2, 0.25) is 6.20 Å². The summed E-state index contributed by atoms with van der Waals surface area (Å²) in [7, 11) is 1.90. The van der Waals surface area contributed by atoms with E-state index in [1.165, 1.54) is 18.3 Å². The number of aliphatic carboxylic acids is 1. The molecule has 0 aliphatic carbocycles. The Morgan fingerprint density at radius 1 is 1.47 bits per heavy atom. The van der Waals surface area contributed by atoms with E-state index in [1.54, 1.807) is 12.3 Å². The number of anilines is 1. The average Bonchev–Trinajstić information content (AvgIpc) is 3.46. The third kappa shape index (κ3) is 5.20. The molecule has 0 fully saturated rings. The van der Waals surface area contributed by atoms with E-state index in [9.17, 15) is 15.0 Å². The van der Waals surface area contributed by atoms with Gasteiger partial charge in [-0.3, -0.25) is 0 Å². The summed E-state index contributed by atoms with van der Waals surface area (Å²) in [5.74, 6) is -0.558. The number of nitrogens with two attached hydrogens (primary N) is 2. The lowest BCUT2D eigenvalue weighted by Crippen LogP contribution is -2.52. The number of hydrogen-bond acceptors (Lipinski definition) is 9. The van der Waals surface area contributed by atoms with E-state index in [0.717, 1.165) is 16.7 Å². The van der Waals surface area contributed by atoms with Crippen molar-refractivity contribution in [2.45, 2.75) is 51.0 Å². The smallest absolute Gasteiger partial charge is 0.354 e. The lowest BCUT2D eigenvalue weighted by molar-refractivity contribution is -0.754. The van der Waals surface area contributed by atoms with Crippen LogP contribution in [0.15, 0.2) is 41.1 Å². The maximum atomic E-state index is 12.2. The highest BCUT2D eigenvalue weighted by Gasteiger charge is 2.48. The molecule has 1 aliphatic heterocycles. The molecule has 12 heteroatoms. The van der Waals surface area contributed by atoms with Crippen LogP contribution < -0.4 is 20.9 Å². The Morgan fingerprint density at radius 2 is 2.25 bits per heavy atom. The molecule has 11 nitrogen and oxygen atoms in total. The maximum Gasteiger partial charge on any atom is 0.354 e. The van der Waals surface area contributed by atoms with Crippen molar-refractivity contribution in [1.29, 1.82) is 0 Å². The molecular formula is C24H31N6O5S+. The Balaban J connectivity index is 1.52. The number of carboxylic acid groups (broad SMARTS) is 1. The number of ether oxygens (including phenoxy) is 1. The third-order valence-corrected chi connectivity index (χ3v) is 7.01. The van der Waals surface area contributed by atoms with Crippen LogP contribution in [0.5, 0.6) is 5.75 Å². The van der Waals surface area contributed by atoms with Crippen LogP contribution >= 0.6 is 11.3 Å². The number of aromatic nitrogens is 3. The number of thiazole rings is 1. The second-order valence-electron chi connectivity index (χ2n) is 9.02. The zero-order valence-corrected chi connectivity index (χ0v) is 21.2. The summed E-state index contributed by atoms with van der Waals surface area (Å²) >= 11 is 1.27. The van der Waals surface area contributed by atoms with Gasteiger partial charge in [0.05, 0.1) is 17.9 Å². The van der Waals surface area contributed by atoms with Gasteiger partial charge in [-0.15, -0.1) is 16.0 Å². The van der Waals surface area contributed by atoms with E-state index in [2.05, 4.69) is 10.1 Å². The molecule has 2 unspecified atom stereocenters. The van der Waals surface area contributed by atoms with Crippen molar-refractivity contribution < 1.29 is 29.3 Å². The lowest BCUT2D eigenvalue weighted by Gasteiger charge is -2.35. The first-order valence-corrected chi connectivity index (χ1v) is 12.4. The van der Waals surface area contributed by atoms with Crippen molar-refractivity contribution in [3.8, 4) is 16.9 Å². The van der Waals surface area contributed by atoms with Gasteiger partial charge in [-0.05, 0) is 49.9 Å². The highest BCUT2D eigenvalue weighted by molar-refractivity contribution is 7.13. The van der Waals surface area contributed by atoms with Crippen LogP contribution in [0.25, 0.3) is 11.1 Å². The summed E-state index contributed by atoms with van der Waals surface area (Å²) in [6, 6.07) is 5.81. The van der Waals surface area contributed by atoms with Gasteiger partial charge in [0.1, 0.15) is 23.7 Å². The molecule has 2 aromatic heterocycles. The highest BCUT2D eigenvalue weighted by atomic mass is 32.1. The monoisotopic (exact) mass is 515 g/mol. The lowest BCUT2D eigenvalue weighted by atomic mass is 9.90. The third-order valence-electron chi connectivity index (χ3n) is 6.33. The normalized spacial score (nSPS) is 18.1. The number of aliphatic hydroxyl groups is 1. The zero-order chi connectivity index (χ0) is 26.0. The number of rotatable bonds is 9. The summed E-state index contributed by atoms with van der Waals surface area (Å²) in [6.07, 6.45) is 3.62. The van der Waals surface area contributed by atoms with Gasteiger partial charge in [-0.2, -0.15) is 4.68 Å². The number of aryl methyl sites for hydroxylation is 2. The minimum absolute atomic E-state index is 0.189. The molecule has 6 N–H and O–H groups in total. The van der Waals surface area contributed by atoms with Gasteiger partial charge in [0.15, 0.2) is 18.3 Å². The van der Waals surface area contributed by atoms with Gasteiger partial charge in [0.25, 0.3) is 5.60 Å². The molecular weight excluding hydrogens is 484 g/mol. The Labute approximate surface area is 212 Å². The van der Waals surface area contributed by atoms with Crippen LogP contribution in [0.2, 0.25) is 0 Å². The molecule has 0 radical (unpaired) electrons. The number of nitrogen functional groups attached to an aromatic ring is 1. The Kier molecular flexibility index (Phi) is 7.29. The molecule has 1 aliphatic rings. The molecule has 3 atom stereocenters. The number of benzene rings is 1. The summed E-state index contributed by atoms with van der Waals surface area (Å²) in [5, 5.41) is 26.0. The van der Waals surface area contributed by atoms with Crippen LogP contribution in [0.3, 0.4) is 0 Å². The van der Waals surface area contributed by atoms with Crippen molar-refractivity contribution >= 4 is 28.1 Å². The minimum atomic E-state index is -1.70. The number of fused-ring (bicyclic) bond motifs is 1. The molecule has 0 amide bonds. The maximum absolute atomic E-state index is 12.2. The second-order valence-corrected chi connectivity index (χ2v) is 9.91. The van der Waals surface area contributed by atoms with Crippen LogP contribution in [0, 0.1) is 0 Å². The van der Waals surface area contributed by atoms with Gasteiger partial charge in [0, 0.05) is 11.9 Å². The molecule has 192 valence electrons. The van der Waals surface area contributed by atoms with Crippen molar-refractivity contribution in [2.24, 2.45) is 17.9 Å². The molecule has 3 aromatic rings. The van der Waals surface area contributed by atoms with E-state index < -0.39 is 23.8 Å². The predicted octanol–water partition coefficient (Wildman–Crippen LogP) is 1.32. The average molecular weight is 516 g/mol.